The summed E-state index contributed by atoms with van der Waals surface area (Å²) < 4.78 is 0. The molecule has 2 nitrogen and oxygen atoms in total. The minimum absolute atomic E-state index is 0.684. The Morgan fingerprint density at radius 1 is 1.57 bits per heavy atom. The number of rotatable bonds is 6. The number of hydrogen-bond acceptors (Lipinski definition) is 3. The van der Waals surface area contributed by atoms with Crippen LogP contribution in [0.5, 0.6) is 0 Å². The van der Waals surface area contributed by atoms with Gasteiger partial charge in [-0.25, -0.2) is 0 Å². The quantitative estimate of drug-likeness (QED) is 0.709. The molecule has 0 bridgehead atoms. The molecule has 3 heteroatoms. The second-order valence-corrected chi connectivity index (χ2v) is 5.33. The summed E-state index contributed by atoms with van der Waals surface area (Å²) in [5.41, 5.74) is 0. The molecule has 0 amide bonds. The molecule has 0 aromatic carbocycles. The Morgan fingerprint density at radius 3 is 3.07 bits per heavy atom. The van der Waals surface area contributed by atoms with Gasteiger partial charge in [0.05, 0.1) is 0 Å². The van der Waals surface area contributed by atoms with Crippen LogP contribution in [0.15, 0.2) is 0 Å². The van der Waals surface area contributed by atoms with Crippen LogP contribution >= 0.6 is 11.8 Å². The molecule has 0 aromatic rings. The van der Waals surface area contributed by atoms with Crippen LogP contribution in [-0.4, -0.2) is 36.7 Å². The smallest absolute Gasteiger partial charge is 0.0283 e. The first-order chi connectivity index (χ1) is 6.83. The Balaban J connectivity index is 2.00. The molecule has 1 aliphatic heterocycles. The first-order valence-corrected chi connectivity index (χ1v) is 7.03. The van der Waals surface area contributed by atoms with E-state index in [1.807, 2.05) is 0 Å². The average Bonchev–Trinajstić information content (AvgIpc) is 2.25. The van der Waals surface area contributed by atoms with Gasteiger partial charge in [-0.3, -0.25) is 0 Å². The van der Waals surface area contributed by atoms with Crippen LogP contribution in [0.4, 0.5) is 0 Å². The third-order valence-corrected chi connectivity index (χ3v) is 3.83. The lowest BCUT2D eigenvalue weighted by Crippen LogP contribution is -2.46. The summed E-state index contributed by atoms with van der Waals surface area (Å²) in [6, 6.07) is 1.38. The normalized spacial score (nSPS) is 24.9. The van der Waals surface area contributed by atoms with Crippen molar-refractivity contribution in [2.24, 2.45) is 0 Å². The Morgan fingerprint density at radius 2 is 2.43 bits per heavy atom. The summed E-state index contributed by atoms with van der Waals surface area (Å²) in [5, 5.41) is 7.16. The Bertz CT molecular complexity index is 135. The fourth-order valence-electron chi connectivity index (χ4n) is 1.71. The molecule has 0 spiro atoms. The summed E-state index contributed by atoms with van der Waals surface area (Å²) >= 11 is 2.07. The van der Waals surface area contributed by atoms with Crippen LogP contribution in [0.1, 0.15) is 33.1 Å². The van der Waals surface area contributed by atoms with Crippen molar-refractivity contribution in [1.82, 2.24) is 10.6 Å². The maximum absolute atomic E-state index is 3.61. The first-order valence-electron chi connectivity index (χ1n) is 5.87. The van der Waals surface area contributed by atoms with E-state index in [1.54, 1.807) is 0 Å². The van der Waals surface area contributed by atoms with E-state index >= 15 is 0 Å². The third kappa shape index (κ3) is 5.23. The number of hydrogen-bond donors (Lipinski definition) is 2. The van der Waals surface area contributed by atoms with Crippen molar-refractivity contribution in [1.29, 1.82) is 0 Å². The maximum atomic E-state index is 3.61. The highest BCUT2D eigenvalue weighted by molar-refractivity contribution is 7.99. The van der Waals surface area contributed by atoms with E-state index in [0.29, 0.717) is 12.1 Å². The van der Waals surface area contributed by atoms with Gasteiger partial charge in [0.2, 0.25) is 0 Å². The largest absolute Gasteiger partial charge is 0.313 e. The molecule has 0 aliphatic carbocycles. The molecular weight excluding hydrogens is 192 g/mol. The molecule has 14 heavy (non-hydrogen) atoms. The lowest BCUT2D eigenvalue weighted by Gasteiger charge is -2.25. The predicted octanol–water partition coefficient (Wildman–Crippen LogP) is 1.86. The van der Waals surface area contributed by atoms with E-state index in [1.165, 1.54) is 37.3 Å². The predicted molar refractivity (Wildman–Crippen MR) is 66.1 cm³/mol. The van der Waals surface area contributed by atoms with Crippen LogP contribution in [0, 0.1) is 0 Å². The summed E-state index contributed by atoms with van der Waals surface area (Å²) in [6.45, 7) is 6.87. The molecule has 2 atom stereocenters. The second kappa shape index (κ2) is 7.55. The zero-order valence-electron chi connectivity index (χ0n) is 9.51. The van der Waals surface area contributed by atoms with Crippen LogP contribution in [0.2, 0.25) is 0 Å². The Hall–Kier alpha value is 0.270. The lowest BCUT2D eigenvalue weighted by molar-refractivity contribution is 0.444. The second-order valence-electron chi connectivity index (χ2n) is 4.18. The molecule has 0 saturated carbocycles. The van der Waals surface area contributed by atoms with Gasteiger partial charge < -0.3 is 10.6 Å². The van der Waals surface area contributed by atoms with Crippen molar-refractivity contribution in [3.63, 3.8) is 0 Å². The van der Waals surface area contributed by atoms with Crippen molar-refractivity contribution in [3.8, 4) is 0 Å². The van der Waals surface area contributed by atoms with E-state index in [4.69, 9.17) is 0 Å². The standard InChI is InChI=1S/C11H24N2S/c1-3-4-5-10(2)13-8-11-9-14-7-6-12-11/h10-13H,3-9H2,1-2H3. The van der Waals surface area contributed by atoms with E-state index < -0.39 is 0 Å². The van der Waals surface area contributed by atoms with E-state index in [9.17, 15) is 0 Å². The van der Waals surface area contributed by atoms with Gasteiger partial charge >= 0.3 is 0 Å². The summed E-state index contributed by atoms with van der Waals surface area (Å²) in [5.74, 6) is 2.55. The van der Waals surface area contributed by atoms with E-state index in [0.717, 1.165) is 6.54 Å². The minimum Gasteiger partial charge on any atom is -0.313 e. The molecular formula is C11H24N2S. The van der Waals surface area contributed by atoms with Gasteiger partial charge in [0.15, 0.2) is 0 Å². The topological polar surface area (TPSA) is 24.1 Å². The molecule has 2 N–H and O–H groups in total. The fourth-order valence-corrected chi connectivity index (χ4v) is 2.66. The molecule has 1 saturated heterocycles. The molecule has 1 fully saturated rings. The summed E-state index contributed by atoms with van der Waals surface area (Å²) in [6.07, 6.45) is 3.97. The fraction of sp³-hybridized carbons (Fsp3) is 1.00. The van der Waals surface area contributed by atoms with Crippen molar-refractivity contribution in [2.75, 3.05) is 24.6 Å². The van der Waals surface area contributed by atoms with E-state index in [-0.39, 0.29) is 0 Å². The first kappa shape index (κ1) is 12.3. The van der Waals surface area contributed by atoms with Gasteiger partial charge in [0, 0.05) is 36.7 Å². The highest BCUT2D eigenvalue weighted by atomic mass is 32.2. The van der Waals surface area contributed by atoms with Gasteiger partial charge in [0.25, 0.3) is 0 Å². The van der Waals surface area contributed by atoms with Crippen LogP contribution < -0.4 is 10.6 Å². The lowest BCUT2D eigenvalue weighted by atomic mass is 10.1. The van der Waals surface area contributed by atoms with Gasteiger partial charge in [-0.1, -0.05) is 19.8 Å². The highest BCUT2D eigenvalue weighted by Crippen LogP contribution is 2.07. The molecule has 0 radical (unpaired) electrons. The van der Waals surface area contributed by atoms with Crippen LogP contribution in [0.3, 0.4) is 0 Å². The zero-order chi connectivity index (χ0) is 10.2. The van der Waals surface area contributed by atoms with Crippen molar-refractivity contribution in [3.05, 3.63) is 0 Å². The van der Waals surface area contributed by atoms with Gasteiger partial charge in [0.1, 0.15) is 0 Å². The van der Waals surface area contributed by atoms with Gasteiger partial charge in [-0.15, -0.1) is 0 Å². The summed E-state index contributed by atoms with van der Waals surface area (Å²) in [7, 11) is 0. The number of nitrogens with one attached hydrogen (secondary N) is 2. The summed E-state index contributed by atoms with van der Waals surface area (Å²) in [4.78, 5) is 0. The van der Waals surface area contributed by atoms with Crippen molar-refractivity contribution >= 4 is 11.8 Å². The SMILES string of the molecule is CCCCC(C)NCC1CSCCN1. The molecule has 84 valence electrons. The monoisotopic (exact) mass is 216 g/mol. The zero-order valence-corrected chi connectivity index (χ0v) is 10.3. The maximum Gasteiger partial charge on any atom is 0.0283 e. The molecule has 1 rings (SSSR count). The highest BCUT2D eigenvalue weighted by Gasteiger charge is 2.12. The number of unbranched alkanes of at least 4 members (excludes halogenated alkanes) is 1. The molecule has 2 unspecified atom stereocenters. The van der Waals surface area contributed by atoms with Gasteiger partial charge in [-0.2, -0.15) is 11.8 Å². The molecule has 0 aromatic heterocycles. The molecule has 1 heterocycles. The van der Waals surface area contributed by atoms with Crippen molar-refractivity contribution in [2.45, 2.75) is 45.2 Å². The van der Waals surface area contributed by atoms with Crippen molar-refractivity contribution < 1.29 is 0 Å². The number of thioether (sulfide) groups is 1. The molecule has 1 aliphatic rings. The average molecular weight is 216 g/mol. The third-order valence-electron chi connectivity index (χ3n) is 2.70. The Labute approximate surface area is 92.6 Å². The van der Waals surface area contributed by atoms with Gasteiger partial charge in [-0.05, 0) is 13.3 Å². The van der Waals surface area contributed by atoms with Crippen LogP contribution in [-0.2, 0) is 0 Å². The minimum atomic E-state index is 0.684. The van der Waals surface area contributed by atoms with Crippen LogP contribution in [0.25, 0.3) is 0 Å². The van der Waals surface area contributed by atoms with E-state index in [2.05, 4.69) is 36.2 Å². The Kier molecular flexibility index (Phi) is 6.65.